The highest BCUT2D eigenvalue weighted by atomic mass is 32.1. The third kappa shape index (κ3) is 4.71. The SMILES string of the molecule is CCCOc1ccc(C(O)=C2C(=O)C(=O)N(c3nc(C)c(C(=O)OCC)s3)C2c2cccs2)cc1. The van der Waals surface area contributed by atoms with E-state index in [0.717, 1.165) is 17.8 Å². The van der Waals surface area contributed by atoms with E-state index in [4.69, 9.17) is 9.47 Å². The molecule has 1 N–H and O–H groups in total. The first kappa shape index (κ1) is 24.6. The van der Waals surface area contributed by atoms with Gasteiger partial charge in [-0.2, -0.15) is 0 Å². The second-order valence-electron chi connectivity index (χ2n) is 7.69. The highest BCUT2D eigenvalue weighted by molar-refractivity contribution is 7.18. The molecule has 0 spiro atoms. The van der Waals surface area contributed by atoms with Crippen molar-refractivity contribution in [3.63, 3.8) is 0 Å². The summed E-state index contributed by atoms with van der Waals surface area (Å²) in [5, 5.41) is 13.2. The van der Waals surface area contributed by atoms with Crippen LogP contribution in [0.2, 0.25) is 0 Å². The fourth-order valence-electron chi connectivity index (χ4n) is 3.70. The molecular weight excluding hydrogens is 488 g/mol. The largest absolute Gasteiger partial charge is 0.507 e. The lowest BCUT2D eigenvalue weighted by molar-refractivity contribution is -0.132. The van der Waals surface area contributed by atoms with Crippen LogP contribution < -0.4 is 9.64 Å². The average molecular weight is 513 g/mol. The van der Waals surface area contributed by atoms with Crippen LogP contribution in [0.1, 0.15) is 52.1 Å². The molecule has 1 unspecified atom stereocenters. The van der Waals surface area contributed by atoms with Gasteiger partial charge in [0.1, 0.15) is 22.4 Å². The highest BCUT2D eigenvalue weighted by Crippen LogP contribution is 2.45. The Bertz CT molecular complexity index is 1280. The molecule has 10 heteroatoms. The number of nitrogens with zero attached hydrogens (tertiary/aromatic N) is 2. The number of hydrogen-bond acceptors (Lipinski definition) is 9. The summed E-state index contributed by atoms with van der Waals surface area (Å²) in [4.78, 5) is 45.3. The Morgan fingerprint density at radius 1 is 1.17 bits per heavy atom. The molecule has 1 aromatic carbocycles. The Morgan fingerprint density at radius 3 is 2.54 bits per heavy atom. The second kappa shape index (κ2) is 10.4. The van der Waals surface area contributed by atoms with Gasteiger partial charge in [-0.25, -0.2) is 9.78 Å². The van der Waals surface area contributed by atoms with E-state index in [1.807, 2.05) is 12.3 Å². The third-order valence-corrected chi connectivity index (χ3v) is 7.37. The standard InChI is InChI=1S/C25H24N2O6S2/c1-4-12-33-16-10-8-15(9-11-16)20(28)18-19(17-7-6-13-34-17)27(23(30)21(18)29)25-26-14(3)22(35-25)24(31)32-5-2/h6-11,13,19,28H,4-5,12H2,1-3H3. The van der Waals surface area contributed by atoms with Gasteiger partial charge >= 0.3 is 11.9 Å². The van der Waals surface area contributed by atoms with Gasteiger partial charge in [-0.1, -0.05) is 24.3 Å². The summed E-state index contributed by atoms with van der Waals surface area (Å²) >= 11 is 2.33. The van der Waals surface area contributed by atoms with Gasteiger partial charge in [0.15, 0.2) is 5.13 Å². The fourth-order valence-corrected chi connectivity index (χ4v) is 5.51. The lowest BCUT2D eigenvalue weighted by Gasteiger charge is -2.21. The van der Waals surface area contributed by atoms with E-state index >= 15 is 0 Å². The Kier molecular flexibility index (Phi) is 7.32. The van der Waals surface area contributed by atoms with Crippen molar-refractivity contribution in [1.29, 1.82) is 0 Å². The predicted molar refractivity (Wildman–Crippen MR) is 134 cm³/mol. The third-order valence-electron chi connectivity index (χ3n) is 5.31. The van der Waals surface area contributed by atoms with Crippen LogP contribution in [-0.2, 0) is 14.3 Å². The molecule has 0 radical (unpaired) electrons. The summed E-state index contributed by atoms with van der Waals surface area (Å²) in [7, 11) is 0. The minimum Gasteiger partial charge on any atom is -0.507 e. The van der Waals surface area contributed by atoms with Crippen molar-refractivity contribution in [1.82, 2.24) is 4.98 Å². The number of aliphatic hydroxyl groups is 1. The summed E-state index contributed by atoms with van der Waals surface area (Å²) in [5.74, 6) is -1.83. The zero-order valence-corrected chi connectivity index (χ0v) is 21.1. The Labute approximate surface area is 210 Å². The number of carbonyl (C=O) groups excluding carboxylic acids is 3. The Hall–Kier alpha value is -3.50. The summed E-state index contributed by atoms with van der Waals surface area (Å²) in [6.45, 7) is 6.12. The number of ether oxygens (including phenoxy) is 2. The monoisotopic (exact) mass is 512 g/mol. The number of Topliss-reactive ketones (excluding diaryl/α,β-unsaturated/α-hetero) is 1. The van der Waals surface area contributed by atoms with E-state index in [0.29, 0.717) is 28.5 Å². The quantitative estimate of drug-likeness (QED) is 0.194. The van der Waals surface area contributed by atoms with Crippen LogP contribution in [0.4, 0.5) is 5.13 Å². The van der Waals surface area contributed by atoms with E-state index < -0.39 is 23.7 Å². The molecule has 0 bridgehead atoms. The van der Waals surface area contributed by atoms with E-state index in [1.54, 1.807) is 50.2 Å². The van der Waals surface area contributed by atoms with Crippen LogP contribution in [0.5, 0.6) is 5.75 Å². The van der Waals surface area contributed by atoms with Gasteiger partial charge in [0.2, 0.25) is 0 Å². The number of amides is 1. The first-order valence-electron chi connectivity index (χ1n) is 11.1. The minimum absolute atomic E-state index is 0.0368. The molecule has 4 rings (SSSR count). The average Bonchev–Trinajstić information content (AvgIpc) is 3.57. The number of thiazole rings is 1. The molecule has 1 fully saturated rings. The number of hydrogen-bond donors (Lipinski definition) is 1. The van der Waals surface area contributed by atoms with E-state index in [9.17, 15) is 19.5 Å². The molecule has 3 heterocycles. The molecule has 8 nitrogen and oxygen atoms in total. The molecule has 2 aromatic heterocycles. The Balaban J connectivity index is 1.79. The number of thiophene rings is 1. The minimum atomic E-state index is -0.883. The van der Waals surface area contributed by atoms with Crippen molar-refractivity contribution in [3.05, 3.63) is 68.4 Å². The van der Waals surface area contributed by atoms with E-state index in [-0.39, 0.29) is 27.9 Å². The Morgan fingerprint density at radius 2 is 1.91 bits per heavy atom. The second-order valence-corrected chi connectivity index (χ2v) is 9.65. The lowest BCUT2D eigenvalue weighted by atomic mass is 10.00. The predicted octanol–water partition coefficient (Wildman–Crippen LogP) is 5.10. The number of aromatic nitrogens is 1. The van der Waals surface area contributed by atoms with E-state index in [1.165, 1.54) is 16.2 Å². The molecule has 35 heavy (non-hydrogen) atoms. The van der Waals surface area contributed by atoms with Crippen LogP contribution in [0.3, 0.4) is 0 Å². The van der Waals surface area contributed by atoms with Gasteiger partial charge in [-0.15, -0.1) is 11.3 Å². The molecule has 0 saturated carbocycles. The summed E-state index contributed by atoms with van der Waals surface area (Å²) in [6, 6.07) is 9.41. The molecule has 1 aliphatic rings. The molecule has 1 aliphatic heterocycles. The summed E-state index contributed by atoms with van der Waals surface area (Å²) < 4.78 is 10.7. The maximum atomic E-state index is 13.2. The fraction of sp³-hybridized carbons (Fsp3) is 0.280. The molecule has 0 aliphatic carbocycles. The van der Waals surface area contributed by atoms with Gasteiger partial charge in [-0.3, -0.25) is 14.5 Å². The van der Waals surface area contributed by atoms with Crippen LogP contribution >= 0.6 is 22.7 Å². The van der Waals surface area contributed by atoms with Crippen LogP contribution in [0.25, 0.3) is 5.76 Å². The van der Waals surface area contributed by atoms with Gasteiger partial charge < -0.3 is 14.6 Å². The molecule has 1 atom stereocenters. The van der Waals surface area contributed by atoms with Crippen molar-refractivity contribution in [3.8, 4) is 5.75 Å². The van der Waals surface area contributed by atoms with E-state index in [2.05, 4.69) is 4.98 Å². The number of carbonyl (C=O) groups is 3. The van der Waals surface area contributed by atoms with Gasteiger partial charge in [0.25, 0.3) is 5.78 Å². The van der Waals surface area contributed by atoms with Crippen molar-refractivity contribution >= 4 is 51.2 Å². The van der Waals surface area contributed by atoms with Crippen molar-refractivity contribution < 1.29 is 29.0 Å². The summed E-state index contributed by atoms with van der Waals surface area (Å²) in [6.07, 6.45) is 0.861. The molecule has 182 valence electrons. The number of esters is 1. The topological polar surface area (TPSA) is 106 Å². The van der Waals surface area contributed by atoms with Gasteiger partial charge in [0.05, 0.1) is 24.5 Å². The number of anilines is 1. The first-order valence-corrected chi connectivity index (χ1v) is 12.8. The number of aliphatic hydroxyl groups excluding tert-OH is 1. The maximum absolute atomic E-state index is 13.2. The van der Waals surface area contributed by atoms with Crippen LogP contribution in [-0.4, -0.2) is 41.0 Å². The van der Waals surface area contributed by atoms with Crippen molar-refractivity contribution in [2.24, 2.45) is 0 Å². The van der Waals surface area contributed by atoms with Crippen LogP contribution in [0.15, 0.2) is 47.4 Å². The zero-order chi connectivity index (χ0) is 25.1. The zero-order valence-electron chi connectivity index (χ0n) is 19.4. The van der Waals surface area contributed by atoms with Crippen molar-refractivity contribution in [2.75, 3.05) is 18.1 Å². The summed E-state index contributed by atoms with van der Waals surface area (Å²) in [5.41, 5.74) is 0.749. The normalized spacial score (nSPS) is 17.1. The highest BCUT2D eigenvalue weighted by Gasteiger charge is 2.48. The first-order chi connectivity index (χ1) is 16.9. The van der Waals surface area contributed by atoms with Gasteiger partial charge in [-0.05, 0) is 56.0 Å². The molecule has 1 amide bonds. The number of ketones is 1. The molecule has 1 saturated heterocycles. The smallest absolute Gasteiger partial charge is 0.350 e. The lowest BCUT2D eigenvalue weighted by Crippen LogP contribution is -2.29. The van der Waals surface area contributed by atoms with Gasteiger partial charge in [0, 0.05) is 10.4 Å². The maximum Gasteiger partial charge on any atom is 0.350 e. The van der Waals surface area contributed by atoms with Crippen LogP contribution in [0, 0.1) is 6.92 Å². The molecule has 3 aromatic rings. The molecular formula is C25H24N2O6S2. The van der Waals surface area contributed by atoms with Crippen molar-refractivity contribution in [2.45, 2.75) is 33.2 Å². The number of aryl methyl sites for hydroxylation is 1. The number of rotatable bonds is 8. The number of benzene rings is 1.